The van der Waals surface area contributed by atoms with Crippen molar-refractivity contribution in [3.05, 3.63) is 102 Å². The van der Waals surface area contributed by atoms with Gasteiger partial charge < -0.3 is 10.2 Å². The van der Waals surface area contributed by atoms with E-state index in [0.29, 0.717) is 11.4 Å². The number of hydrogen-bond donors (Lipinski definition) is 1. The summed E-state index contributed by atoms with van der Waals surface area (Å²) in [6.45, 7) is 7.41. The van der Waals surface area contributed by atoms with Gasteiger partial charge in [-0.25, -0.2) is 9.07 Å². The van der Waals surface area contributed by atoms with Crippen molar-refractivity contribution in [2.45, 2.75) is 33.7 Å². The van der Waals surface area contributed by atoms with Gasteiger partial charge in [0.15, 0.2) is 0 Å². The molecule has 7 heteroatoms. The van der Waals surface area contributed by atoms with Crippen molar-refractivity contribution in [2.24, 2.45) is 0 Å². The number of aryl methyl sites for hydroxylation is 2. The van der Waals surface area contributed by atoms with Gasteiger partial charge in [-0.2, -0.15) is 5.10 Å². The summed E-state index contributed by atoms with van der Waals surface area (Å²) >= 11 is 0. The maximum Gasteiger partial charge on any atom is 0.254 e. The van der Waals surface area contributed by atoms with Crippen molar-refractivity contribution in [3.63, 3.8) is 0 Å². The molecule has 0 spiro atoms. The summed E-state index contributed by atoms with van der Waals surface area (Å²) in [6.07, 6.45) is 0. The first-order valence-electron chi connectivity index (χ1n) is 11.8. The lowest BCUT2D eigenvalue weighted by Crippen LogP contribution is -2.42. The molecule has 1 heterocycles. The number of anilines is 1. The van der Waals surface area contributed by atoms with Crippen LogP contribution in [0.5, 0.6) is 0 Å². The summed E-state index contributed by atoms with van der Waals surface area (Å²) in [6, 6.07) is 22.7. The topological polar surface area (TPSA) is 67.2 Å². The number of carbonyl (C=O) groups excluding carboxylic acids is 2. The number of aromatic nitrogens is 2. The standard InChI is InChI=1S/C29H29FN4O2/c1-19(2)33(29(36)23-14-16-24(30)17-15-23)18-26(35)31-28-27(22-11-6-5-7-12-22)21(4)32-34(28)25-13-9-8-10-20(25)3/h5-17,19H,18H2,1-4H3,(H,31,35). The third-order valence-electron chi connectivity index (χ3n) is 6.01. The van der Waals surface area contributed by atoms with Crippen LogP contribution in [0, 0.1) is 19.7 Å². The Balaban J connectivity index is 1.70. The summed E-state index contributed by atoms with van der Waals surface area (Å²) in [4.78, 5) is 28.0. The van der Waals surface area contributed by atoms with Crippen LogP contribution in [-0.2, 0) is 4.79 Å². The molecular weight excluding hydrogens is 455 g/mol. The molecule has 184 valence electrons. The Kier molecular flexibility index (Phi) is 7.29. The van der Waals surface area contributed by atoms with Crippen molar-refractivity contribution in [2.75, 3.05) is 11.9 Å². The predicted octanol–water partition coefficient (Wildman–Crippen LogP) is 5.78. The SMILES string of the molecule is Cc1ccccc1-n1nc(C)c(-c2ccccc2)c1NC(=O)CN(C(=O)c1ccc(F)cc1)C(C)C. The van der Waals surface area contributed by atoms with E-state index in [9.17, 15) is 14.0 Å². The van der Waals surface area contributed by atoms with Gasteiger partial charge in [0.25, 0.3) is 5.91 Å². The van der Waals surface area contributed by atoms with E-state index in [4.69, 9.17) is 5.10 Å². The number of amides is 2. The summed E-state index contributed by atoms with van der Waals surface area (Å²) in [5, 5.41) is 7.79. The number of hydrogen-bond acceptors (Lipinski definition) is 3. The largest absolute Gasteiger partial charge is 0.327 e. The quantitative estimate of drug-likeness (QED) is 0.361. The minimum Gasteiger partial charge on any atom is -0.327 e. The molecule has 0 fully saturated rings. The van der Waals surface area contributed by atoms with Crippen LogP contribution in [0.25, 0.3) is 16.8 Å². The van der Waals surface area contributed by atoms with E-state index < -0.39 is 5.82 Å². The van der Waals surface area contributed by atoms with E-state index in [1.807, 2.05) is 82.3 Å². The fraction of sp³-hybridized carbons (Fsp3) is 0.207. The Morgan fingerprint density at radius 1 is 0.944 bits per heavy atom. The Labute approximate surface area is 210 Å². The minimum absolute atomic E-state index is 0.167. The zero-order valence-electron chi connectivity index (χ0n) is 20.8. The fourth-order valence-corrected chi connectivity index (χ4v) is 4.14. The molecule has 0 aliphatic rings. The molecule has 0 atom stereocenters. The summed E-state index contributed by atoms with van der Waals surface area (Å²) in [7, 11) is 0. The Bertz CT molecular complexity index is 1380. The number of nitrogens with one attached hydrogen (secondary N) is 1. The Morgan fingerprint density at radius 2 is 1.58 bits per heavy atom. The molecule has 0 radical (unpaired) electrons. The molecule has 1 aromatic heterocycles. The lowest BCUT2D eigenvalue weighted by atomic mass is 10.1. The molecule has 0 bridgehead atoms. The average Bonchev–Trinajstić information content (AvgIpc) is 3.18. The molecule has 0 saturated heterocycles. The lowest BCUT2D eigenvalue weighted by molar-refractivity contribution is -0.117. The number of halogens is 1. The molecule has 4 rings (SSSR count). The van der Waals surface area contributed by atoms with Gasteiger partial charge in [-0.15, -0.1) is 0 Å². The van der Waals surface area contributed by atoms with Crippen LogP contribution in [0.3, 0.4) is 0 Å². The van der Waals surface area contributed by atoms with Gasteiger partial charge in [-0.05, 0) is 69.2 Å². The molecule has 0 unspecified atom stereocenters. The highest BCUT2D eigenvalue weighted by atomic mass is 19.1. The van der Waals surface area contributed by atoms with E-state index in [1.165, 1.54) is 29.2 Å². The number of benzene rings is 3. The molecule has 2 amide bonds. The van der Waals surface area contributed by atoms with Gasteiger partial charge in [0.2, 0.25) is 5.91 Å². The fourth-order valence-electron chi connectivity index (χ4n) is 4.14. The highest BCUT2D eigenvalue weighted by Crippen LogP contribution is 2.34. The molecule has 0 aliphatic heterocycles. The first-order valence-corrected chi connectivity index (χ1v) is 11.8. The van der Waals surface area contributed by atoms with Gasteiger partial charge in [0.1, 0.15) is 18.2 Å². The zero-order chi connectivity index (χ0) is 25.8. The van der Waals surface area contributed by atoms with Crippen molar-refractivity contribution >= 4 is 17.6 Å². The van der Waals surface area contributed by atoms with Gasteiger partial charge in [0.05, 0.1) is 11.4 Å². The van der Waals surface area contributed by atoms with Gasteiger partial charge in [-0.1, -0.05) is 48.5 Å². The van der Waals surface area contributed by atoms with Crippen LogP contribution in [0.4, 0.5) is 10.2 Å². The summed E-state index contributed by atoms with van der Waals surface area (Å²) in [5.74, 6) is -0.581. The lowest BCUT2D eigenvalue weighted by Gasteiger charge is -2.26. The molecule has 0 aliphatic carbocycles. The minimum atomic E-state index is -0.423. The van der Waals surface area contributed by atoms with Gasteiger partial charge in [-0.3, -0.25) is 9.59 Å². The monoisotopic (exact) mass is 484 g/mol. The second kappa shape index (κ2) is 10.6. The Hall–Kier alpha value is -4.26. The number of rotatable bonds is 7. The first-order chi connectivity index (χ1) is 17.3. The molecule has 36 heavy (non-hydrogen) atoms. The Morgan fingerprint density at radius 3 is 2.22 bits per heavy atom. The number of nitrogens with zero attached hydrogens (tertiary/aromatic N) is 3. The van der Waals surface area contributed by atoms with Crippen LogP contribution >= 0.6 is 0 Å². The number of carbonyl (C=O) groups is 2. The molecular formula is C29H29FN4O2. The van der Waals surface area contributed by atoms with Crippen LogP contribution in [0.15, 0.2) is 78.9 Å². The smallest absolute Gasteiger partial charge is 0.254 e. The van der Waals surface area contributed by atoms with Crippen LogP contribution < -0.4 is 5.32 Å². The molecule has 0 saturated carbocycles. The van der Waals surface area contributed by atoms with Crippen molar-refractivity contribution in [3.8, 4) is 16.8 Å². The van der Waals surface area contributed by atoms with Gasteiger partial charge in [0, 0.05) is 17.2 Å². The highest BCUT2D eigenvalue weighted by molar-refractivity contribution is 6.01. The maximum absolute atomic E-state index is 13.4. The number of para-hydroxylation sites is 1. The normalized spacial score (nSPS) is 10.9. The van der Waals surface area contributed by atoms with Crippen LogP contribution in [-0.4, -0.2) is 39.1 Å². The van der Waals surface area contributed by atoms with Crippen molar-refractivity contribution < 1.29 is 14.0 Å². The molecule has 4 aromatic rings. The third kappa shape index (κ3) is 5.20. The molecule has 3 aromatic carbocycles. The van der Waals surface area contributed by atoms with Crippen molar-refractivity contribution in [1.82, 2.24) is 14.7 Å². The van der Waals surface area contributed by atoms with E-state index >= 15 is 0 Å². The van der Waals surface area contributed by atoms with Crippen LogP contribution in [0.2, 0.25) is 0 Å². The van der Waals surface area contributed by atoms with Crippen molar-refractivity contribution in [1.29, 1.82) is 0 Å². The predicted molar refractivity (Wildman–Crippen MR) is 140 cm³/mol. The second-order valence-corrected chi connectivity index (χ2v) is 8.96. The summed E-state index contributed by atoms with van der Waals surface area (Å²) < 4.78 is 15.1. The first kappa shape index (κ1) is 24.9. The van der Waals surface area contributed by atoms with Crippen LogP contribution in [0.1, 0.15) is 35.5 Å². The summed E-state index contributed by atoms with van der Waals surface area (Å²) in [5.41, 5.74) is 4.68. The average molecular weight is 485 g/mol. The zero-order valence-corrected chi connectivity index (χ0v) is 20.8. The molecule has 1 N–H and O–H groups in total. The highest BCUT2D eigenvalue weighted by Gasteiger charge is 2.25. The molecule has 6 nitrogen and oxygen atoms in total. The van der Waals surface area contributed by atoms with Gasteiger partial charge >= 0.3 is 0 Å². The van der Waals surface area contributed by atoms with E-state index in [-0.39, 0.29) is 24.4 Å². The maximum atomic E-state index is 13.4. The third-order valence-corrected chi connectivity index (χ3v) is 6.01. The second-order valence-electron chi connectivity index (χ2n) is 8.96. The van der Waals surface area contributed by atoms with E-state index in [2.05, 4.69) is 5.32 Å². The van der Waals surface area contributed by atoms with E-state index in [0.717, 1.165) is 28.1 Å². The van der Waals surface area contributed by atoms with E-state index in [1.54, 1.807) is 4.68 Å².